The summed E-state index contributed by atoms with van der Waals surface area (Å²) in [5, 5.41) is 11.1. The molecule has 9 nitrogen and oxygen atoms in total. The second kappa shape index (κ2) is 6.63. The minimum absolute atomic E-state index is 0.0999. The molecule has 0 unspecified atom stereocenters. The minimum atomic E-state index is -0.555. The van der Waals surface area contributed by atoms with E-state index in [0.29, 0.717) is 11.1 Å². The van der Waals surface area contributed by atoms with Crippen molar-refractivity contribution in [2.24, 2.45) is 0 Å². The summed E-state index contributed by atoms with van der Waals surface area (Å²) < 4.78 is 10.2. The van der Waals surface area contributed by atoms with Gasteiger partial charge in [0.05, 0.1) is 22.9 Å². The van der Waals surface area contributed by atoms with Crippen LogP contribution >= 0.6 is 0 Å². The number of methoxy groups -OCH3 is 1. The SMILES string of the molecule is COc1cc2nc(-c3cccc([N+](=O)[O-])c3)[nH]c(=O)c2cc1OC(C)=O. The Kier molecular flexibility index (Phi) is 4.36. The molecule has 0 aliphatic rings. The Labute approximate surface area is 146 Å². The molecule has 0 radical (unpaired) electrons. The van der Waals surface area contributed by atoms with Crippen molar-refractivity contribution >= 4 is 22.6 Å². The lowest BCUT2D eigenvalue weighted by molar-refractivity contribution is -0.384. The van der Waals surface area contributed by atoms with Crippen LogP contribution in [0.1, 0.15) is 6.92 Å². The summed E-state index contributed by atoms with van der Waals surface area (Å²) in [6.45, 7) is 1.23. The molecule has 26 heavy (non-hydrogen) atoms. The van der Waals surface area contributed by atoms with Crippen molar-refractivity contribution in [3.63, 3.8) is 0 Å². The van der Waals surface area contributed by atoms with E-state index in [-0.39, 0.29) is 28.4 Å². The van der Waals surface area contributed by atoms with E-state index in [1.165, 1.54) is 44.4 Å². The number of hydrogen-bond donors (Lipinski definition) is 1. The lowest BCUT2D eigenvalue weighted by Gasteiger charge is -2.10. The highest BCUT2D eigenvalue weighted by Crippen LogP contribution is 2.31. The molecule has 132 valence electrons. The number of aromatic amines is 1. The number of hydrogen-bond acceptors (Lipinski definition) is 7. The molecule has 0 amide bonds. The van der Waals surface area contributed by atoms with Gasteiger partial charge in [-0.25, -0.2) is 4.98 Å². The number of esters is 1. The number of aromatic nitrogens is 2. The number of H-pyrrole nitrogens is 1. The monoisotopic (exact) mass is 355 g/mol. The molecule has 1 heterocycles. The number of nitrogens with one attached hydrogen (secondary N) is 1. The first-order valence-corrected chi connectivity index (χ1v) is 7.44. The lowest BCUT2D eigenvalue weighted by atomic mass is 10.1. The van der Waals surface area contributed by atoms with E-state index in [4.69, 9.17) is 9.47 Å². The van der Waals surface area contributed by atoms with Gasteiger partial charge in [-0.3, -0.25) is 19.7 Å². The van der Waals surface area contributed by atoms with Gasteiger partial charge in [0, 0.05) is 30.7 Å². The number of fused-ring (bicyclic) bond motifs is 1. The number of non-ortho nitro benzene ring substituents is 1. The molecule has 0 aliphatic carbocycles. The van der Waals surface area contributed by atoms with Gasteiger partial charge in [-0.1, -0.05) is 12.1 Å². The Balaban J connectivity index is 2.19. The van der Waals surface area contributed by atoms with Gasteiger partial charge in [-0.15, -0.1) is 0 Å². The molecule has 1 aromatic heterocycles. The van der Waals surface area contributed by atoms with Crippen LogP contribution in [0, 0.1) is 10.1 Å². The fourth-order valence-corrected chi connectivity index (χ4v) is 2.44. The number of nitrogens with zero attached hydrogens (tertiary/aromatic N) is 2. The molecule has 0 aliphatic heterocycles. The third-order valence-corrected chi connectivity index (χ3v) is 3.57. The fourth-order valence-electron chi connectivity index (χ4n) is 2.44. The first-order chi connectivity index (χ1) is 12.4. The topological polar surface area (TPSA) is 124 Å². The summed E-state index contributed by atoms with van der Waals surface area (Å²) in [5.74, 6) is -0.0487. The van der Waals surface area contributed by atoms with Crippen molar-refractivity contribution < 1.29 is 19.2 Å². The van der Waals surface area contributed by atoms with Crippen molar-refractivity contribution in [2.45, 2.75) is 6.92 Å². The summed E-state index contributed by atoms with van der Waals surface area (Å²) in [6, 6.07) is 8.58. The van der Waals surface area contributed by atoms with E-state index in [1.54, 1.807) is 6.07 Å². The highest BCUT2D eigenvalue weighted by Gasteiger charge is 2.15. The highest BCUT2D eigenvalue weighted by atomic mass is 16.6. The van der Waals surface area contributed by atoms with Crippen molar-refractivity contribution in [2.75, 3.05) is 7.11 Å². The number of carbonyl (C=O) groups excluding carboxylic acids is 1. The highest BCUT2D eigenvalue weighted by molar-refractivity contribution is 5.84. The van der Waals surface area contributed by atoms with Crippen LogP contribution in [-0.4, -0.2) is 28.0 Å². The second-order valence-corrected chi connectivity index (χ2v) is 5.34. The number of nitro groups is 1. The number of carbonyl (C=O) groups is 1. The molecule has 0 fully saturated rings. The van der Waals surface area contributed by atoms with Crippen LogP contribution in [0.25, 0.3) is 22.3 Å². The maximum absolute atomic E-state index is 12.4. The van der Waals surface area contributed by atoms with E-state index < -0.39 is 16.5 Å². The second-order valence-electron chi connectivity index (χ2n) is 5.34. The summed E-state index contributed by atoms with van der Waals surface area (Å²) in [6.07, 6.45) is 0. The third kappa shape index (κ3) is 3.22. The predicted octanol–water partition coefficient (Wildman–Crippen LogP) is 2.43. The molecule has 9 heteroatoms. The van der Waals surface area contributed by atoms with E-state index >= 15 is 0 Å². The Morgan fingerprint density at radius 1 is 1.23 bits per heavy atom. The first-order valence-electron chi connectivity index (χ1n) is 7.44. The largest absolute Gasteiger partial charge is 0.493 e. The Morgan fingerprint density at radius 2 is 2.00 bits per heavy atom. The van der Waals surface area contributed by atoms with Crippen LogP contribution in [0.3, 0.4) is 0 Å². The third-order valence-electron chi connectivity index (χ3n) is 3.57. The van der Waals surface area contributed by atoms with Crippen LogP contribution in [0.4, 0.5) is 5.69 Å². The maximum Gasteiger partial charge on any atom is 0.308 e. The molecule has 0 saturated carbocycles. The zero-order valence-corrected chi connectivity index (χ0v) is 13.8. The van der Waals surface area contributed by atoms with E-state index in [0.717, 1.165) is 0 Å². The molecule has 3 aromatic rings. The number of nitro benzene ring substituents is 1. The van der Waals surface area contributed by atoms with Crippen LogP contribution in [0.15, 0.2) is 41.2 Å². The molecular formula is C17H13N3O6. The van der Waals surface area contributed by atoms with Crippen LogP contribution in [0.2, 0.25) is 0 Å². The van der Waals surface area contributed by atoms with E-state index in [1.807, 2.05) is 0 Å². The molecule has 0 saturated heterocycles. The van der Waals surface area contributed by atoms with Gasteiger partial charge in [0.1, 0.15) is 5.82 Å². The van der Waals surface area contributed by atoms with Gasteiger partial charge in [0.25, 0.3) is 11.2 Å². The van der Waals surface area contributed by atoms with Crippen LogP contribution in [-0.2, 0) is 4.79 Å². The van der Waals surface area contributed by atoms with Crippen molar-refractivity contribution in [3.8, 4) is 22.9 Å². The zero-order valence-electron chi connectivity index (χ0n) is 13.8. The van der Waals surface area contributed by atoms with Crippen LogP contribution < -0.4 is 15.0 Å². The summed E-state index contributed by atoms with van der Waals surface area (Å²) >= 11 is 0. The lowest BCUT2D eigenvalue weighted by Crippen LogP contribution is -2.11. The van der Waals surface area contributed by atoms with E-state index in [9.17, 15) is 19.7 Å². The number of benzene rings is 2. The van der Waals surface area contributed by atoms with Crippen molar-refractivity contribution in [3.05, 3.63) is 56.9 Å². The molecular weight excluding hydrogens is 342 g/mol. The molecule has 3 rings (SSSR count). The minimum Gasteiger partial charge on any atom is -0.493 e. The Hall–Kier alpha value is -3.75. The molecule has 0 atom stereocenters. The fraction of sp³-hybridized carbons (Fsp3) is 0.118. The summed E-state index contributed by atoms with van der Waals surface area (Å²) in [7, 11) is 1.39. The number of ether oxygens (including phenoxy) is 2. The van der Waals surface area contributed by atoms with Crippen molar-refractivity contribution in [1.29, 1.82) is 0 Å². The maximum atomic E-state index is 12.4. The molecule has 1 N–H and O–H groups in total. The first kappa shape index (κ1) is 17.1. The summed E-state index contributed by atoms with van der Waals surface area (Å²) in [5.41, 5.74) is 0.0878. The van der Waals surface area contributed by atoms with Gasteiger partial charge in [0.15, 0.2) is 11.5 Å². The van der Waals surface area contributed by atoms with Gasteiger partial charge >= 0.3 is 5.97 Å². The Morgan fingerprint density at radius 3 is 2.65 bits per heavy atom. The molecule has 2 aromatic carbocycles. The predicted molar refractivity (Wildman–Crippen MR) is 92.3 cm³/mol. The smallest absolute Gasteiger partial charge is 0.308 e. The quantitative estimate of drug-likeness (QED) is 0.330. The molecule has 0 spiro atoms. The average Bonchev–Trinajstić information content (AvgIpc) is 2.61. The zero-order chi connectivity index (χ0) is 18.8. The number of rotatable bonds is 4. The van der Waals surface area contributed by atoms with E-state index in [2.05, 4.69) is 9.97 Å². The Bertz CT molecular complexity index is 1090. The standard InChI is InChI=1S/C17H13N3O6/c1-9(21)26-15-7-12-13(8-14(15)25-2)18-16(19-17(12)22)10-4-3-5-11(6-10)20(23)24/h3-8H,1-2H3,(H,18,19,22). The van der Waals surface area contributed by atoms with Gasteiger partial charge < -0.3 is 14.5 Å². The van der Waals surface area contributed by atoms with Gasteiger partial charge in [-0.05, 0) is 6.07 Å². The normalized spacial score (nSPS) is 10.5. The van der Waals surface area contributed by atoms with Gasteiger partial charge in [0.2, 0.25) is 0 Å². The van der Waals surface area contributed by atoms with Crippen LogP contribution in [0.5, 0.6) is 11.5 Å². The van der Waals surface area contributed by atoms with Crippen molar-refractivity contribution in [1.82, 2.24) is 9.97 Å². The average molecular weight is 355 g/mol. The molecule has 0 bridgehead atoms. The van der Waals surface area contributed by atoms with Gasteiger partial charge in [-0.2, -0.15) is 0 Å². The summed E-state index contributed by atoms with van der Waals surface area (Å²) in [4.78, 5) is 40.9.